The normalized spacial score (nSPS) is 14.8. The number of phenolic OH excluding ortho intramolecular Hbond substituents is 1. The van der Waals surface area contributed by atoms with Gasteiger partial charge in [0.15, 0.2) is 11.4 Å². The first-order valence-electron chi connectivity index (χ1n) is 10.5. The molecule has 4 rings (SSSR count). The molecule has 1 amide bonds. The second kappa shape index (κ2) is 9.17. The smallest absolute Gasteiger partial charge is 0.437 e. The summed E-state index contributed by atoms with van der Waals surface area (Å²) in [5, 5.41) is 27.7. The number of aromatic carboxylic acids is 1. The molecule has 0 aliphatic carbocycles. The number of phenols is 1. The number of nitrogens with zero attached hydrogens (tertiary/aromatic N) is 3. The van der Waals surface area contributed by atoms with Gasteiger partial charge in [-0.05, 0) is 60.9 Å². The zero-order chi connectivity index (χ0) is 26.2. The van der Waals surface area contributed by atoms with Crippen molar-refractivity contribution in [1.29, 1.82) is 0 Å². The predicted octanol–water partition coefficient (Wildman–Crippen LogP) is 5.11. The third-order valence-corrected chi connectivity index (χ3v) is 5.57. The highest BCUT2D eigenvalue weighted by Crippen LogP contribution is 2.36. The van der Waals surface area contributed by atoms with Crippen molar-refractivity contribution in [1.82, 2.24) is 0 Å². The number of aromatic hydroxyl groups is 1. The molecule has 0 fully saturated rings. The molecule has 8 nitrogen and oxygen atoms in total. The number of para-hydroxylation sites is 1. The lowest BCUT2D eigenvalue weighted by Gasteiger charge is -2.13. The Balaban J connectivity index is 1.69. The minimum absolute atomic E-state index is 0.0143. The second-order valence-electron chi connectivity index (χ2n) is 7.99. The van der Waals surface area contributed by atoms with Crippen LogP contribution in [0, 0.1) is 13.8 Å². The summed E-state index contributed by atoms with van der Waals surface area (Å²) in [7, 11) is 0. The lowest BCUT2D eigenvalue weighted by Crippen LogP contribution is -2.34. The first-order valence-corrected chi connectivity index (χ1v) is 10.5. The minimum atomic E-state index is -4.97. The third kappa shape index (κ3) is 4.63. The Kier molecular flexibility index (Phi) is 6.23. The average molecular weight is 496 g/mol. The number of carbonyl (C=O) groups is 2. The molecule has 1 heterocycles. The molecule has 36 heavy (non-hydrogen) atoms. The van der Waals surface area contributed by atoms with Gasteiger partial charge >= 0.3 is 18.1 Å². The summed E-state index contributed by atoms with van der Waals surface area (Å²) < 4.78 is 41.1. The number of aryl methyl sites for hydroxylation is 2. The summed E-state index contributed by atoms with van der Waals surface area (Å²) in [6.45, 7) is 3.58. The van der Waals surface area contributed by atoms with Crippen molar-refractivity contribution in [2.75, 3.05) is 10.4 Å². The minimum Gasteiger partial charge on any atom is -0.505 e. The monoisotopic (exact) mass is 496 g/mol. The number of anilines is 2. The fourth-order valence-electron chi connectivity index (χ4n) is 3.52. The quantitative estimate of drug-likeness (QED) is 0.336. The zero-order valence-electron chi connectivity index (χ0n) is 19.0. The summed E-state index contributed by atoms with van der Waals surface area (Å²) in [4.78, 5) is 24.1. The summed E-state index contributed by atoms with van der Waals surface area (Å²) >= 11 is 0. The molecule has 0 unspecified atom stereocenters. The number of hydrogen-bond donors (Lipinski definition) is 3. The van der Waals surface area contributed by atoms with Crippen LogP contribution in [0.1, 0.15) is 21.5 Å². The van der Waals surface area contributed by atoms with Gasteiger partial charge in [0, 0.05) is 5.56 Å². The van der Waals surface area contributed by atoms with Crippen LogP contribution in [-0.2, 0) is 4.79 Å². The molecule has 0 saturated heterocycles. The number of amides is 1. The predicted molar refractivity (Wildman–Crippen MR) is 128 cm³/mol. The standard InChI is InChI=1S/C25H19F3N4O4/c1-13-9-10-17(11-14(13)2)32-23(34)20(22(31-32)25(26,27)28)30-29-19-8-4-7-18(21(19)33)15-5-3-6-16(12-15)24(35)36/h3-12,29,33H,1-2H3,(H,35,36). The van der Waals surface area contributed by atoms with E-state index in [2.05, 4.69) is 15.6 Å². The fraction of sp³-hybridized carbons (Fsp3) is 0.120. The largest absolute Gasteiger partial charge is 0.505 e. The van der Waals surface area contributed by atoms with Crippen LogP contribution < -0.4 is 10.4 Å². The molecule has 0 bridgehead atoms. The van der Waals surface area contributed by atoms with Gasteiger partial charge in [-0.2, -0.15) is 28.4 Å². The molecule has 0 atom stereocenters. The number of hydrogen-bond acceptors (Lipinski definition) is 6. The van der Waals surface area contributed by atoms with E-state index >= 15 is 0 Å². The van der Waals surface area contributed by atoms with Gasteiger partial charge in [-0.25, -0.2) is 4.79 Å². The van der Waals surface area contributed by atoms with E-state index < -0.39 is 35.2 Å². The van der Waals surface area contributed by atoms with Gasteiger partial charge < -0.3 is 10.2 Å². The molecule has 0 saturated carbocycles. The fourth-order valence-corrected chi connectivity index (χ4v) is 3.52. The van der Waals surface area contributed by atoms with Gasteiger partial charge in [0.25, 0.3) is 0 Å². The SMILES string of the molecule is Cc1ccc(N2N=C(C(F)(F)F)C(=NNc3cccc(-c4cccc(C(=O)O)c4)c3O)C2=O)cc1C. The van der Waals surface area contributed by atoms with E-state index in [1.165, 1.54) is 42.5 Å². The summed E-state index contributed by atoms with van der Waals surface area (Å²) in [5.41, 5.74) is 2.13. The Morgan fingerprint density at radius 3 is 2.42 bits per heavy atom. The van der Waals surface area contributed by atoms with Crippen LogP contribution >= 0.6 is 0 Å². The highest BCUT2D eigenvalue weighted by molar-refractivity contribution is 6.72. The van der Waals surface area contributed by atoms with Crippen LogP contribution in [0.4, 0.5) is 24.5 Å². The highest BCUT2D eigenvalue weighted by atomic mass is 19.4. The number of benzene rings is 3. The molecular formula is C25H19F3N4O4. The lowest BCUT2D eigenvalue weighted by atomic mass is 10.0. The lowest BCUT2D eigenvalue weighted by molar-refractivity contribution is -0.112. The van der Waals surface area contributed by atoms with E-state index in [0.29, 0.717) is 10.6 Å². The van der Waals surface area contributed by atoms with Crippen LogP contribution in [0.25, 0.3) is 11.1 Å². The number of alkyl halides is 3. The van der Waals surface area contributed by atoms with Gasteiger partial charge in [-0.3, -0.25) is 10.2 Å². The van der Waals surface area contributed by atoms with Crippen molar-refractivity contribution in [2.24, 2.45) is 10.2 Å². The number of carboxylic acid groups (broad SMARTS) is 1. The topological polar surface area (TPSA) is 115 Å². The maximum absolute atomic E-state index is 13.7. The van der Waals surface area contributed by atoms with Gasteiger partial charge in [-0.1, -0.05) is 30.3 Å². The molecule has 184 valence electrons. The van der Waals surface area contributed by atoms with Crippen molar-refractivity contribution in [3.05, 3.63) is 77.4 Å². The van der Waals surface area contributed by atoms with E-state index in [-0.39, 0.29) is 22.5 Å². The van der Waals surface area contributed by atoms with Crippen molar-refractivity contribution in [2.45, 2.75) is 20.0 Å². The van der Waals surface area contributed by atoms with E-state index in [9.17, 15) is 33.0 Å². The van der Waals surface area contributed by atoms with Crippen molar-refractivity contribution < 1.29 is 33.0 Å². The Morgan fingerprint density at radius 1 is 1.03 bits per heavy atom. The maximum Gasteiger partial charge on any atom is 0.437 e. The van der Waals surface area contributed by atoms with E-state index in [1.807, 2.05) is 6.92 Å². The summed E-state index contributed by atoms with van der Waals surface area (Å²) in [6.07, 6.45) is -4.97. The van der Waals surface area contributed by atoms with Crippen LogP contribution in [0.3, 0.4) is 0 Å². The average Bonchev–Trinajstić information content (AvgIpc) is 3.17. The van der Waals surface area contributed by atoms with Gasteiger partial charge in [0.2, 0.25) is 0 Å². The molecule has 0 aromatic heterocycles. The molecule has 0 spiro atoms. The molecule has 3 N–H and O–H groups in total. The summed E-state index contributed by atoms with van der Waals surface area (Å²) in [6, 6.07) is 14.8. The Labute approximate surface area is 203 Å². The zero-order valence-corrected chi connectivity index (χ0v) is 19.0. The Hall–Kier alpha value is -4.67. The van der Waals surface area contributed by atoms with Crippen LogP contribution in [0.2, 0.25) is 0 Å². The number of carbonyl (C=O) groups excluding carboxylic acids is 1. The van der Waals surface area contributed by atoms with E-state index in [0.717, 1.165) is 11.1 Å². The first-order chi connectivity index (χ1) is 17.0. The maximum atomic E-state index is 13.7. The molecule has 1 aliphatic rings. The van der Waals surface area contributed by atoms with Crippen molar-refractivity contribution >= 4 is 34.7 Å². The van der Waals surface area contributed by atoms with E-state index in [4.69, 9.17) is 0 Å². The van der Waals surface area contributed by atoms with Gasteiger partial charge in [0.1, 0.15) is 5.75 Å². The molecule has 1 aliphatic heterocycles. The number of hydrazone groups is 2. The van der Waals surface area contributed by atoms with Gasteiger partial charge in [0.05, 0.1) is 16.9 Å². The Bertz CT molecular complexity index is 1450. The summed E-state index contributed by atoms with van der Waals surface area (Å²) in [5.74, 6) is -2.65. The van der Waals surface area contributed by atoms with Crippen LogP contribution in [0.15, 0.2) is 70.9 Å². The molecular weight excluding hydrogens is 477 g/mol. The number of nitrogens with one attached hydrogen (secondary N) is 1. The van der Waals surface area contributed by atoms with Crippen molar-refractivity contribution in [3.63, 3.8) is 0 Å². The number of halogens is 3. The van der Waals surface area contributed by atoms with Crippen molar-refractivity contribution in [3.8, 4) is 16.9 Å². The molecule has 3 aromatic rings. The van der Waals surface area contributed by atoms with E-state index in [1.54, 1.807) is 25.1 Å². The molecule has 11 heteroatoms. The third-order valence-electron chi connectivity index (χ3n) is 5.57. The van der Waals surface area contributed by atoms with Crippen LogP contribution in [-0.4, -0.2) is 39.7 Å². The number of rotatable bonds is 5. The van der Waals surface area contributed by atoms with Gasteiger partial charge in [-0.15, -0.1) is 0 Å². The van der Waals surface area contributed by atoms with Crippen LogP contribution in [0.5, 0.6) is 5.75 Å². The first kappa shape index (κ1) is 24.5. The number of carboxylic acids is 1. The molecule has 0 radical (unpaired) electrons. The highest BCUT2D eigenvalue weighted by Gasteiger charge is 2.48. The Morgan fingerprint density at radius 2 is 1.75 bits per heavy atom. The second-order valence-corrected chi connectivity index (χ2v) is 7.99. The molecule has 3 aromatic carbocycles.